The zero-order valence-corrected chi connectivity index (χ0v) is 12.2. The van der Waals surface area contributed by atoms with Gasteiger partial charge in [-0.05, 0) is 36.2 Å². The van der Waals surface area contributed by atoms with Crippen molar-refractivity contribution in [1.29, 1.82) is 0 Å². The van der Waals surface area contributed by atoms with Crippen LogP contribution in [0.25, 0.3) is 0 Å². The van der Waals surface area contributed by atoms with Gasteiger partial charge < -0.3 is 10.6 Å². The lowest BCUT2D eigenvalue weighted by Gasteiger charge is -2.07. The number of halogens is 1. The minimum absolute atomic E-state index is 0.161. The lowest BCUT2D eigenvalue weighted by atomic mass is 10.1. The van der Waals surface area contributed by atoms with E-state index in [1.54, 1.807) is 36.5 Å². The third kappa shape index (κ3) is 4.70. The number of aromatic nitrogens is 1. The Morgan fingerprint density at radius 3 is 2.77 bits per heavy atom. The predicted octanol–water partition coefficient (Wildman–Crippen LogP) is 2.79. The number of rotatable bonds is 7. The number of anilines is 1. The molecule has 4 nitrogen and oxygen atoms in total. The van der Waals surface area contributed by atoms with Gasteiger partial charge in [0.1, 0.15) is 11.6 Å². The van der Waals surface area contributed by atoms with Gasteiger partial charge in [-0.25, -0.2) is 9.37 Å². The van der Waals surface area contributed by atoms with Gasteiger partial charge >= 0.3 is 0 Å². The summed E-state index contributed by atoms with van der Waals surface area (Å²) in [6.07, 6.45) is 3.95. The predicted molar refractivity (Wildman–Crippen MR) is 85.4 cm³/mol. The Hall–Kier alpha value is -2.69. The maximum atomic E-state index is 12.8. The number of carbonyl (C=O) groups is 1. The van der Waals surface area contributed by atoms with Gasteiger partial charge in [-0.3, -0.25) is 4.79 Å². The Balaban J connectivity index is 1.86. The molecule has 5 heteroatoms. The summed E-state index contributed by atoms with van der Waals surface area (Å²) in [5, 5.41) is 5.87. The number of hydrogen-bond acceptors (Lipinski definition) is 3. The summed E-state index contributed by atoms with van der Waals surface area (Å²) in [7, 11) is 0. The van der Waals surface area contributed by atoms with E-state index in [4.69, 9.17) is 0 Å². The summed E-state index contributed by atoms with van der Waals surface area (Å²) in [5.74, 6) is 0.210. The number of nitrogens with zero attached hydrogens (tertiary/aromatic N) is 1. The number of hydrogen-bond donors (Lipinski definition) is 2. The third-order valence-electron chi connectivity index (χ3n) is 3.06. The summed E-state index contributed by atoms with van der Waals surface area (Å²) in [6, 6.07) is 9.61. The van der Waals surface area contributed by atoms with Gasteiger partial charge in [0.25, 0.3) is 5.91 Å². The molecular formula is C17H18FN3O. The van der Waals surface area contributed by atoms with Crippen LogP contribution in [0.5, 0.6) is 0 Å². The molecule has 2 aromatic rings. The molecule has 0 aliphatic rings. The first-order valence-electron chi connectivity index (χ1n) is 7.02. The molecule has 22 heavy (non-hydrogen) atoms. The molecule has 1 aromatic heterocycles. The van der Waals surface area contributed by atoms with Crippen molar-refractivity contribution >= 4 is 11.7 Å². The van der Waals surface area contributed by atoms with Crippen molar-refractivity contribution in [2.75, 3.05) is 18.4 Å². The van der Waals surface area contributed by atoms with E-state index in [0.717, 1.165) is 5.56 Å². The smallest absolute Gasteiger partial charge is 0.251 e. The highest BCUT2D eigenvalue weighted by atomic mass is 19.1. The number of benzene rings is 1. The summed E-state index contributed by atoms with van der Waals surface area (Å²) in [5.41, 5.74) is 1.52. The van der Waals surface area contributed by atoms with E-state index < -0.39 is 0 Å². The lowest BCUT2D eigenvalue weighted by Crippen LogP contribution is -2.25. The average Bonchev–Trinajstić information content (AvgIpc) is 2.55. The largest absolute Gasteiger partial charge is 0.367 e. The van der Waals surface area contributed by atoms with Crippen LogP contribution in [0.3, 0.4) is 0 Å². The maximum Gasteiger partial charge on any atom is 0.251 e. The SMILES string of the molecule is C=CCNc1cc(C(=O)NCCc2ccc(F)cc2)ccn1. The van der Waals surface area contributed by atoms with Crippen LogP contribution in [0.4, 0.5) is 10.2 Å². The van der Waals surface area contributed by atoms with Crippen LogP contribution in [0.15, 0.2) is 55.3 Å². The van der Waals surface area contributed by atoms with Gasteiger partial charge in [-0.2, -0.15) is 0 Å². The van der Waals surface area contributed by atoms with Crippen molar-refractivity contribution in [2.45, 2.75) is 6.42 Å². The molecule has 0 atom stereocenters. The van der Waals surface area contributed by atoms with E-state index in [2.05, 4.69) is 22.2 Å². The van der Waals surface area contributed by atoms with Crippen molar-refractivity contribution in [1.82, 2.24) is 10.3 Å². The minimum atomic E-state index is -0.260. The molecular weight excluding hydrogens is 281 g/mol. The fraction of sp³-hybridized carbons (Fsp3) is 0.176. The Bertz CT molecular complexity index is 641. The first-order valence-corrected chi connectivity index (χ1v) is 7.02. The molecule has 0 aliphatic carbocycles. The van der Waals surface area contributed by atoms with Crippen molar-refractivity contribution in [3.05, 3.63) is 72.2 Å². The Kier molecular flexibility index (Phi) is 5.65. The second-order valence-corrected chi connectivity index (χ2v) is 4.73. The minimum Gasteiger partial charge on any atom is -0.367 e. The zero-order valence-electron chi connectivity index (χ0n) is 12.2. The van der Waals surface area contributed by atoms with Gasteiger partial charge in [0, 0.05) is 24.8 Å². The normalized spacial score (nSPS) is 10.0. The molecule has 1 heterocycles. The number of amides is 1. The molecule has 0 saturated carbocycles. The van der Waals surface area contributed by atoms with Crippen LogP contribution >= 0.6 is 0 Å². The molecule has 0 aliphatic heterocycles. The molecule has 0 spiro atoms. The molecule has 0 bridgehead atoms. The van der Waals surface area contributed by atoms with E-state index in [1.807, 2.05) is 0 Å². The van der Waals surface area contributed by atoms with E-state index in [0.29, 0.717) is 30.9 Å². The second-order valence-electron chi connectivity index (χ2n) is 4.73. The number of nitrogens with one attached hydrogen (secondary N) is 2. The lowest BCUT2D eigenvalue weighted by molar-refractivity contribution is 0.0954. The van der Waals surface area contributed by atoms with Crippen molar-refractivity contribution < 1.29 is 9.18 Å². The highest BCUT2D eigenvalue weighted by molar-refractivity contribution is 5.94. The molecule has 0 fully saturated rings. The molecule has 114 valence electrons. The van der Waals surface area contributed by atoms with Gasteiger partial charge in [-0.1, -0.05) is 18.2 Å². The fourth-order valence-electron chi connectivity index (χ4n) is 1.92. The van der Waals surface area contributed by atoms with Gasteiger partial charge in [0.15, 0.2) is 0 Å². The standard InChI is InChI=1S/C17H18FN3O/c1-2-9-19-16-12-14(8-11-20-16)17(22)21-10-7-13-3-5-15(18)6-4-13/h2-6,8,11-12H,1,7,9-10H2,(H,19,20)(H,21,22). The second kappa shape index (κ2) is 7.93. The Morgan fingerprint density at radius 2 is 2.05 bits per heavy atom. The van der Waals surface area contributed by atoms with Crippen LogP contribution in [0.1, 0.15) is 15.9 Å². The van der Waals surface area contributed by atoms with E-state index >= 15 is 0 Å². The topological polar surface area (TPSA) is 54.0 Å². The van der Waals surface area contributed by atoms with Crippen LogP contribution < -0.4 is 10.6 Å². The third-order valence-corrected chi connectivity index (χ3v) is 3.06. The molecule has 2 N–H and O–H groups in total. The monoisotopic (exact) mass is 299 g/mol. The average molecular weight is 299 g/mol. The first kappa shape index (κ1) is 15.7. The van der Waals surface area contributed by atoms with E-state index in [-0.39, 0.29) is 11.7 Å². The van der Waals surface area contributed by atoms with Crippen molar-refractivity contribution in [2.24, 2.45) is 0 Å². The summed E-state index contributed by atoms with van der Waals surface area (Å²) < 4.78 is 12.8. The number of carbonyl (C=O) groups excluding carboxylic acids is 1. The summed E-state index contributed by atoms with van der Waals surface area (Å²) in [4.78, 5) is 16.2. The highest BCUT2D eigenvalue weighted by Crippen LogP contribution is 2.07. The molecule has 1 amide bonds. The molecule has 0 radical (unpaired) electrons. The summed E-state index contributed by atoms with van der Waals surface area (Å²) in [6.45, 7) is 4.69. The summed E-state index contributed by atoms with van der Waals surface area (Å²) >= 11 is 0. The fourth-order valence-corrected chi connectivity index (χ4v) is 1.92. The van der Waals surface area contributed by atoms with Crippen LogP contribution in [0, 0.1) is 5.82 Å². The number of pyridine rings is 1. The quantitative estimate of drug-likeness (QED) is 0.773. The van der Waals surface area contributed by atoms with Gasteiger partial charge in [-0.15, -0.1) is 6.58 Å². The molecule has 0 unspecified atom stereocenters. The van der Waals surface area contributed by atoms with E-state index in [9.17, 15) is 9.18 Å². The van der Waals surface area contributed by atoms with E-state index in [1.165, 1.54) is 12.1 Å². The first-order chi connectivity index (χ1) is 10.7. The van der Waals surface area contributed by atoms with Gasteiger partial charge in [0.2, 0.25) is 0 Å². The van der Waals surface area contributed by atoms with Crippen molar-refractivity contribution in [3.63, 3.8) is 0 Å². The highest BCUT2D eigenvalue weighted by Gasteiger charge is 2.06. The van der Waals surface area contributed by atoms with Gasteiger partial charge in [0.05, 0.1) is 0 Å². The maximum absolute atomic E-state index is 12.8. The zero-order chi connectivity index (χ0) is 15.8. The Labute approximate surface area is 129 Å². The molecule has 2 rings (SSSR count). The molecule has 1 aromatic carbocycles. The Morgan fingerprint density at radius 1 is 1.27 bits per heavy atom. The van der Waals surface area contributed by atoms with Crippen LogP contribution in [-0.2, 0) is 6.42 Å². The van der Waals surface area contributed by atoms with Crippen LogP contribution in [0.2, 0.25) is 0 Å². The molecule has 0 saturated heterocycles. The van der Waals surface area contributed by atoms with Crippen molar-refractivity contribution in [3.8, 4) is 0 Å². The van der Waals surface area contributed by atoms with Crippen LogP contribution in [-0.4, -0.2) is 24.0 Å².